The first-order valence-electron chi connectivity index (χ1n) is 7.40. The molecule has 1 heterocycles. The number of carbonyl (C=O) groups excluding carboxylic acids is 1. The zero-order valence-electron chi connectivity index (χ0n) is 13.4. The van der Waals surface area contributed by atoms with Gasteiger partial charge in [0.25, 0.3) is 0 Å². The highest BCUT2D eigenvalue weighted by Crippen LogP contribution is 2.24. The van der Waals surface area contributed by atoms with Crippen molar-refractivity contribution in [1.29, 1.82) is 5.26 Å². The summed E-state index contributed by atoms with van der Waals surface area (Å²) in [4.78, 5) is 20.9. The summed E-state index contributed by atoms with van der Waals surface area (Å²) in [6.07, 6.45) is 0.137. The predicted octanol–water partition coefficient (Wildman–Crippen LogP) is 3.60. The normalized spacial score (nSPS) is 13.2. The number of halogens is 1. The Labute approximate surface area is 135 Å². The fourth-order valence-electron chi connectivity index (χ4n) is 2.51. The van der Waals surface area contributed by atoms with Gasteiger partial charge in [0, 0.05) is 17.8 Å². The molecule has 0 aliphatic heterocycles. The number of aromatic nitrogens is 2. The molecular weight excluding hydrogens is 293 g/mol. The Morgan fingerprint density at radius 3 is 2.48 bits per heavy atom. The number of Topliss-reactive ketones (excluding diaryl/α,β-unsaturated/α-hetero) is 1. The highest BCUT2D eigenvalue weighted by molar-refractivity contribution is 5.88. The molecule has 0 fully saturated rings. The topological polar surface area (TPSA) is 66.6 Å². The van der Waals surface area contributed by atoms with Gasteiger partial charge in [-0.1, -0.05) is 19.1 Å². The second kappa shape index (κ2) is 7.10. The lowest BCUT2D eigenvalue weighted by atomic mass is 9.90. The molecule has 0 aliphatic rings. The van der Waals surface area contributed by atoms with Crippen LogP contribution in [-0.4, -0.2) is 15.8 Å². The standard InChI is InChI=1S/C18H18FN3O/c1-11(14-5-4-6-15(19)9-14)7-17(23)16(10-20)18-21-12(2)8-13(3)22-18/h4-6,8-9,11,16H,7H2,1-3H3/t11-,16-/m1/s1. The van der Waals surface area contributed by atoms with Crippen molar-refractivity contribution in [3.8, 4) is 6.07 Å². The van der Waals surface area contributed by atoms with E-state index in [1.165, 1.54) is 12.1 Å². The summed E-state index contributed by atoms with van der Waals surface area (Å²) in [5.41, 5.74) is 2.17. The van der Waals surface area contributed by atoms with Gasteiger partial charge in [-0.05, 0) is 43.5 Å². The van der Waals surface area contributed by atoms with Crippen LogP contribution < -0.4 is 0 Å². The van der Waals surface area contributed by atoms with Gasteiger partial charge < -0.3 is 0 Å². The Kier molecular flexibility index (Phi) is 5.17. The maximum atomic E-state index is 13.3. The van der Waals surface area contributed by atoms with Crippen LogP contribution in [0.5, 0.6) is 0 Å². The van der Waals surface area contributed by atoms with Gasteiger partial charge in [0.2, 0.25) is 0 Å². The third-order valence-corrected chi connectivity index (χ3v) is 3.63. The van der Waals surface area contributed by atoms with Crippen molar-refractivity contribution in [1.82, 2.24) is 9.97 Å². The van der Waals surface area contributed by atoms with Crippen LogP contribution >= 0.6 is 0 Å². The number of nitriles is 1. The highest BCUT2D eigenvalue weighted by Gasteiger charge is 2.25. The molecule has 0 unspecified atom stereocenters. The number of hydrogen-bond donors (Lipinski definition) is 0. The molecular formula is C18H18FN3O. The third kappa shape index (κ3) is 4.19. The first-order chi connectivity index (χ1) is 10.9. The monoisotopic (exact) mass is 311 g/mol. The lowest BCUT2D eigenvalue weighted by molar-refractivity contribution is -0.119. The summed E-state index contributed by atoms with van der Waals surface area (Å²) in [5.74, 6) is -1.53. The fraction of sp³-hybridized carbons (Fsp3) is 0.333. The van der Waals surface area contributed by atoms with E-state index in [-0.39, 0.29) is 29.8 Å². The third-order valence-electron chi connectivity index (χ3n) is 3.63. The molecule has 0 aliphatic carbocycles. The Hall–Kier alpha value is -2.61. The number of ketones is 1. The number of benzene rings is 1. The van der Waals surface area contributed by atoms with Crippen LogP contribution in [0, 0.1) is 31.0 Å². The van der Waals surface area contributed by atoms with Gasteiger partial charge in [0.15, 0.2) is 17.5 Å². The molecule has 0 saturated heterocycles. The predicted molar refractivity (Wildman–Crippen MR) is 84.3 cm³/mol. The molecule has 0 radical (unpaired) electrons. The molecule has 1 aromatic heterocycles. The van der Waals surface area contributed by atoms with Crippen molar-refractivity contribution in [3.05, 3.63) is 58.9 Å². The second-order valence-corrected chi connectivity index (χ2v) is 5.70. The summed E-state index contributed by atoms with van der Waals surface area (Å²) in [7, 11) is 0. The lowest BCUT2D eigenvalue weighted by Gasteiger charge is -2.14. The van der Waals surface area contributed by atoms with Gasteiger partial charge in [0.1, 0.15) is 5.82 Å². The van der Waals surface area contributed by atoms with Crippen molar-refractivity contribution in [2.45, 2.75) is 39.0 Å². The quantitative estimate of drug-likeness (QED) is 0.846. The molecule has 118 valence electrons. The number of hydrogen-bond acceptors (Lipinski definition) is 4. The molecule has 0 amide bonds. The largest absolute Gasteiger partial charge is 0.298 e. The molecule has 5 heteroatoms. The average Bonchev–Trinajstić information content (AvgIpc) is 2.46. The molecule has 2 aromatic rings. The average molecular weight is 311 g/mol. The Morgan fingerprint density at radius 1 is 1.26 bits per heavy atom. The second-order valence-electron chi connectivity index (χ2n) is 5.70. The van der Waals surface area contributed by atoms with E-state index in [2.05, 4.69) is 9.97 Å². The summed E-state index contributed by atoms with van der Waals surface area (Å²) < 4.78 is 13.3. The van der Waals surface area contributed by atoms with Gasteiger partial charge in [-0.3, -0.25) is 4.79 Å². The Balaban J connectivity index is 2.19. The molecule has 1 aromatic carbocycles. The first-order valence-corrected chi connectivity index (χ1v) is 7.40. The maximum Gasteiger partial charge on any atom is 0.164 e. The molecule has 0 bridgehead atoms. The van der Waals surface area contributed by atoms with E-state index >= 15 is 0 Å². The SMILES string of the molecule is Cc1cc(C)nc([C@H](C#N)C(=O)C[C@@H](C)c2cccc(F)c2)n1. The Bertz CT molecular complexity index is 747. The van der Waals surface area contributed by atoms with E-state index < -0.39 is 5.92 Å². The summed E-state index contributed by atoms with van der Waals surface area (Å²) in [6, 6.07) is 9.94. The van der Waals surface area contributed by atoms with E-state index in [0.717, 1.165) is 17.0 Å². The molecule has 2 atom stereocenters. The van der Waals surface area contributed by atoms with Gasteiger partial charge in [-0.25, -0.2) is 14.4 Å². The van der Waals surface area contributed by atoms with Gasteiger partial charge in [0.05, 0.1) is 6.07 Å². The van der Waals surface area contributed by atoms with Crippen LogP contribution in [0.3, 0.4) is 0 Å². The first kappa shape index (κ1) is 16.8. The van der Waals surface area contributed by atoms with E-state index in [1.807, 2.05) is 13.0 Å². The number of carbonyl (C=O) groups is 1. The van der Waals surface area contributed by atoms with Crippen molar-refractivity contribution >= 4 is 5.78 Å². The fourth-order valence-corrected chi connectivity index (χ4v) is 2.51. The minimum Gasteiger partial charge on any atom is -0.298 e. The van der Waals surface area contributed by atoms with Crippen molar-refractivity contribution < 1.29 is 9.18 Å². The smallest absolute Gasteiger partial charge is 0.164 e. The zero-order valence-corrected chi connectivity index (χ0v) is 13.4. The van der Waals surface area contributed by atoms with Gasteiger partial charge in [-0.15, -0.1) is 0 Å². The molecule has 23 heavy (non-hydrogen) atoms. The molecule has 0 saturated carbocycles. The number of nitrogens with zero attached hydrogens (tertiary/aromatic N) is 3. The van der Waals surface area contributed by atoms with Crippen LogP contribution in [0.1, 0.15) is 48.0 Å². The van der Waals surface area contributed by atoms with E-state index in [4.69, 9.17) is 0 Å². The van der Waals surface area contributed by atoms with Crippen LogP contribution in [0.15, 0.2) is 30.3 Å². The van der Waals surface area contributed by atoms with Crippen LogP contribution in [0.4, 0.5) is 4.39 Å². The van der Waals surface area contributed by atoms with E-state index in [1.54, 1.807) is 32.0 Å². The molecule has 2 rings (SSSR count). The Morgan fingerprint density at radius 2 is 1.91 bits per heavy atom. The molecule has 4 nitrogen and oxygen atoms in total. The van der Waals surface area contributed by atoms with Crippen LogP contribution in [0.25, 0.3) is 0 Å². The number of aryl methyl sites for hydroxylation is 2. The zero-order chi connectivity index (χ0) is 17.0. The maximum absolute atomic E-state index is 13.3. The van der Waals surface area contributed by atoms with E-state index in [9.17, 15) is 14.4 Å². The minimum absolute atomic E-state index is 0.137. The summed E-state index contributed by atoms with van der Waals surface area (Å²) in [5, 5.41) is 9.35. The van der Waals surface area contributed by atoms with Gasteiger partial charge >= 0.3 is 0 Å². The number of rotatable bonds is 5. The van der Waals surface area contributed by atoms with Crippen LogP contribution in [-0.2, 0) is 4.79 Å². The lowest BCUT2D eigenvalue weighted by Crippen LogP contribution is -2.17. The summed E-state index contributed by atoms with van der Waals surface area (Å²) in [6.45, 7) is 5.43. The van der Waals surface area contributed by atoms with Crippen molar-refractivity contribution in [2.24, 2.45) is 0 Å². The highest BCUT2D eigenvalue weighted by atomic mass is 19.1. The minimum atomic E-state index is -0.996. The van der Waals surface area contributed by atoms with Gasteiger partial charge in [-0.2, -0.15) is 5.26 Å². The molecule has 0 N–H and O–H groups in total. The van der Waals surface area contributed by atoms with Crippen molar-refractivity contribution in [2.75, 3.05) is 0 Å². The van der Waals surface area contributed by atoms with E-state index in [0.29, 0.717) is 0 Å². The van der Waals surface area contributed by atoms with Crippen LogP contribution in [0.2, 0.25) is 0 Å². The summed E-state index contributed by atoms with van der Waals surface area (Å²) >= 11 is 0. The molecule has 0 spiro atoms. The van der Waals surface area contributed by atoms with Crippen molar-refractivity contribution in [3.63, 3.8) is 0 Å².